The fourth-order valence-corrected chi connectivity index (χ4v) is 2.49. The number of amides is 1. The second kappa shape index (κ2) is 7.21. The minimum Gasteiger partial charge on any atom is -0.337 e. The van der Waals surface area contributed by atoms with Gasteiger partial charge in [-0.2, -0.15) is 5.10 Å². The molecule has 2 aromatic heterocycles. The van der Waals surface area contributed by atoms with Crippen molar-refractivity contribution in [2.24, 2.45) is 0 Å². The van der Waals surface area contributed by atoms with Crippen LogP contribution in [0.4, 0.5) is 4.39 Å². The molecule has 0 atom stereocenters. The number of H-pyrrole nitrogens is 1. The Kier molecular flexibility index (Phi) is 4.83. The van der Waals surface area contributed by atoms with Crippen LogP contribution < -0.4 is 0 Å². The number of hydrogen-bond donors (Lipinski definition) is 1. The molecule has 1 amide bonds. The average molecular weight is 339 g/mol. The lowest BCUT2D eigenvalue weighted by atomic mass is 10.1. The monoisotopic (exact) mass is 339 g/mol. The number of aromatic amines is 1. The molecule has 0 saturated heterocycles. The normalized spacial score (nSPS) is 10.7. The molecule has 1 aromatic carbocycles. The van der Waals surface area contributed by atoms with E-state index in [4.69, 9.17) is 0 Å². The summed E-state index contributed by atoms with van der Waals surface area (Å²) in [5, 5.41) is 6.95. The van der Waals surface area contributed by atoms with Gasteiger partial charge < -0.3 is 4.90 Å². The second-order valence-corrected chi connectivity index (χ2v) is 5.68. The van der Waals surface area contributed by atoms with Gasteiger partial charge >= 0.3 is 0 Å². The molecule has 3 rings (SSSR count). The van der Waals surface area contributed by atoms with E-state index in [0.29, 0.717) is 17.9 Å². The third kappa shape index (κ3) is 3.71. The Morgan fingerprint density at radius 1 is 1.16 bits per heavy atom. The smallest absolute Gasteiger partial charge is 0.257 e. The lowest BCUT2D eigenvalue weighted by Gasteiger charge is -2.17. The minimum absolute atomic E-state index is 0.172. The number of carbonyl (C=O) groups excluding carboxylic acids is 1. The first kappa shape index (κ1) is 16.8. The summed E-state index contributed by atoms with van der Waals surface area (Å²) >= 11 is 0. The van der Waals surface area contributed by atoms with Crippen LogP contribution in [0.15, 0.2) is 42.9 Å². The summed E-state index contributed by atoms with van der Waals surface area (Å²) < 4.78 is 13.1. The van der Waals surface area contributed by atoms with Gasteiger partial charge in [-0.15, -0.1) is 0 Å². The maximum atomic E-state index is 13.1. The lowest BCUT2D eigenvalue weighted by Crippen LogP contribution is -2.26. The number of benzene rings is 1. The van der Waals surface area contributed by atoms with Crippen LogP contribution in [0.25, 0.3) is 11.3 Å². The Morgan fingerprint density at radius 3 is 2.48 bits per heavy atom. The first-order chi connectivity index (χ1) is 12.1. The first-order valence-corrected chi connectivity index (χ1v) is 7.93. The van der Waals surface area contributed by atoms with Gasteiger partial charge in [-0.1, -0.05) is 6.92 Å². The molecule has 1 N–H and O–H groups in total. The number of hydrogen-bond acceptors (Lipinski definition) is 4. The number of nitrogens with one attached hydrogen (secondary N) is 1. The molecule has 0 aliphatic heterocycles. The van der Waals surface area contributed by atoms with Crippen molar-refractivity contribution < 1.29 is 9.18 Å². The Morgan fingerprint density at radius 2 is 1.84 bits per heavy atom. The van der Waals surface area contributed by atoms with Gasteiger partial charge in [-0.3, -0.25) is 9.89 Å². The fraction of sp³-hybridized carbons (Fsp3) is 0.222. The van der Waals surface area contributed by atoms with Gasteiger partial charge in [0.05, 0.1) is 17.5 Å². The maximum Gasteiger partial charge on any atom is 0.257 e. The van der Waals surface area contributed by atoms with Crippen LogP contribution in [0.1, 0.15) is 28.7 Å². The summed E-state index contributed by atoms with van der Waals surface area (Å²) in [5.74, 6) is 0.231. The van der Waals surface area contributed by atoms with Crippen LogP contribution in [0, 0.1) is 5.82 Å². The average Bonchev–Trinajstić information content (AvgIpc) is 3.10. The third-order valence-electron chi connectivity index (χ3n) is 3.87. The standard InChI is InChI=1S/C18H18FN5O/c1-3-16-20-8-13(9-21-16)18(25)24(2)11-14-10-22-23-17(14)12-4-6-15(19)7-5-12/h4-10H,3,11H2,1-2H3,(H,22,23). The van der Waals surface area contributed by atoms with Crippen molar-refractivity contribution in [3.8, 4) is 11.3 Å². The van der Waals surface area contributed by atoms with E-state index in [1.807, 2.05) is 6.92 Å². The molecule has 0 saturated carbocycles. The summed E-state index contributed by atoms with van der Waals surface area (Å²) in [7, 11) is 1.71. The Balaban J connectivity index is 1.77. The Hall–Kier alpha value is -3.09. The first-order valence-electron chi connectivity index (χ1n) is 7.93. The van der Waals surface area contributed by atoms with E-state index in [0.717, 1.165) is 23.2 Å². The summed E-state index contributed by atoms with van der Waals surface area (Å²) in [6.07, 6.45) is 5.47. The van der Waals surface area contributed by atoms with Gasteiger partial charge in [0.2, 0.25) is 0 Å². The molecular weight excluding hydrogens is 321 g/mol. The molecule has 6 nitrogen and oxygen atoms in total. The molecule has 0 radical (unpaired) electrons. The topological polar surface area (TPSA) is 74.8 Å². The molecule has 0 spiro atoms. The van der Waals surface area contributed by atoms with E-state index in [1.165, 1.54) is 12.1 Å². The molecule has 7 heteroatoms. The highest BCUT2D eigenvalue weighted by Crippen LogP contribution is 2.22. The largest absolute Gasteiger partial charge is 0.337 e. The second-order valence-electron chi connectivity index (χ2n) is 5.68. The summed E-state index contributed by atoms with van der Waals surface area (Å²) in [6.45, 7) is 2.32. The van der Waals surface area contributed by atoms with Crippen molar-refractivity contribution in [3.05, 3.63) is 65.6 Å². The Bertz CT molecular complexity index is 858. The van der Waals surface area contributed by atoms with E-state index in [1.54, 1.807) is 42.7 Å². The molecule has 128 valence electrons. The molecule has 0 aliphatic carbocycles. The van der Waals surface area contributed by atoms with E-state index in [9.17, 15) is 9.18 Å². The van der Waals surface area contributed by atoms with Crippen molar-refractivity contribution >= 4 is 5.91 Å². The van der Waals surface area contributed by atoms with Crippen LogP contribution in [0.5, 0.6) is 0 Å². The molecule has 0 unspecified atom stereocenters. The highest BCUT2D eigenvalue weighted by Gasteiger charge is 2.16. The highest BCUT2D eigenvalue weighted by molar-refractivity contribution is 5.93. The van der Waals surface area contributed by atoms with Crippen LogP contribution in [-0.2, 0) is 13.0 Å². The van der Waals surface area contributed by atoms with Crippen molar-refractivity contribution in [2.45, 2.75) is 19.9 Å². The summed E-state index contributed by atoms with van der Waals surface area (Å²) in [5.41, 5.74) is 2.85. The van der Waals surface area contributed by atoms with Gasteiger partial charge in [0.15, 0.2) is 0 Å². The number of halogens is 1. The number of nitrogens with zero attached hydrogens (tertiary/aromatic N) is 4. The van der Waals surface area contributed by atoms with Crippen LogP contribution in [-0.4, -0.2) is 38.0 Å². The van der Waals surface area contributed by atoms with Crippen molar-refractivity contribution in [1.29, 1.82) is 0 Å². The molecule has 0 fully saturated rings. The summed E-state index contributed by atoms with van der Waals surface area (Å²) in [4.78, 5) is 22.4. The number of aryl methyl sites for hydroxylation is 1. The summed E-state index contributed by atoms with van der Waals surface area (Å²) in [6, 6.07) is 6.12. The molecule has 2 heterocycles. The third-order valence-corrected chi connectivity index (χ3v) is 3.87. The number of carbonyl (C=O) groups is 1. The number of aromatic nitrogens is 4. The molecule has 3 aromatic rings. The van der Waals surface area contributed by atoms with Crippen LogP contribution in [0.3, 0.4) is 0 Å². The predicted molar refractivity (Wildman–Crippen MR) is 91.2 cm³/mol. The lowest BCUT2D eigenvalue weighted by molar-refractivity contribution is 0.0784. The zero-order chi connectivity index (χ0) is 17.8. The van der Waals surface area contributed by atoms with Crippen molar-refractivity contribution in [2.75, 3.05) is 7.05 Å². The van der Waals surface area contributed by atoms with E-state index in [-0.39, 0.29) is 11.7 Å². The van der Waals surface area contributed by atoms with Gasteiger partial charge in [-0.05, 0) is 24.3 Å². The van der Waals surface area contributed by atoms with Crippen molar-refractivity contribution in [1.82, 2.24) is 25.1 Å². The fourth-order valence-electron chi connectivity index (χ4n) is 2.49. The number of rotatable bonds is 5. The SMILES string of the molecule is CCc1ncc(C(=O)N(C)Cc2cn[nH]c2-c2ccc(F)cc2)cn1. The molecule has 0 aliphatic rings. The van der Waals surface area contributed by atoms with E-state index in [2.05, 4.69) is 20.2 Å². The molecular formula is C18H18FN5O. The zero-order valence-corrected chi connectivity index (χ0v) is 14.0. The van der Waals surface area contributed by atoms with Gasteiger partial charge in [-0.25, -0.2) is 14.4 Å². The van der Waals surface area contributed by atoms with Crippen molar-refractivity contribution in [3.63, 3.8) is 0 Å². The Labute approximate surface area is 144 Å². The van der Waals surface area contributed by atoms with Gasteiger partial charge in [0, 0.05) is 43.5 Å². The van der Waals surface area contributed by atoms with Gasteiger partial charge in [0.1, 0.15) is 11.6 Å². The van der Waals surface area contributed by atoms with E-state index < -0.39 is 0 Å². The quantitative estimate of drug-likeness (QED) is 0.776. The van der Waals surface area contributed by atoms with Crippen LogP contribution in [0.2, 0.25) is 0 Å². The minimum atomic E-state index is -0.298. The molecule has 25 heavy (non-hydrogen) atoms. The highest BCUT2D eigenvalue weighted by atomic mass is 19.1. The van der Waals surface area contributed by atoms with Gasteiger partial charge in [0.25, 0.3) is 5.91 Å². The molecule has 0 bridgehead atoms. The predicted octanol–water partition coefficient (Wildman–Crippen LogP) is 2.84. The zero-order valence-electron chi connectivity index (χ0n) is 14.0. The van der Waals surface area contributed by atoms with E-state index >= 15 is 0 Å². The maximum absolute atomic E-state index is 13.1. The van der Waals surface area contributed by atoms with Crippen LogP contribution >= 0.6 is 0 Å².